The quantitative estimate of drug-likeness (QED) is 0.825. The molecule has 0 radical (unpaired) electrons. The normalized spacial score (nSPS) is 16.8. The number of benzene rings is 2. The molecule has 0 fully saturated rings. The number of carbonyl (C=O) groups excluding carboxylic acids is 1. The van der Waals surface area contributed by atoms with E-state index in [-0.39, 0.29) is 5.91 Å². The summed E-state index contributed by atoms with van der Waals surface area (Å²) >= 11 is 3.51. The SMILES string of the molecule is Cc1ccc(NC(=O)CN(C)[C@@H]2CCCc3ccccc32)c(Br)c1. The molecule has 1 amide bonds. The summed E-state index contributed by atoms with van der Waals surface area (Å²) in [5.74, 6) is 0.0186. The Labute approximate surface area is 152 Å². The van der Waals surface area contributed by atoms with Crippen LogP contribution in [-0.4, -0.2) is 24.4 Å². The molecule has 3 nitrogen and oxygen atoms in total. The first-order valence-corrected chi connectivity index (χ1v) is 9.18. The number of halogens is 1. The van der Waals surface area contributed by atoms with Crippen LogP contribution in [0.3, 0.4) is 0 Å². The average molecular weight is 387 g/mol. The van der Waals surface area contributed by atoms with Gasteiger partial charge in [0.25, 0.3) is 0 Å². The first kappa shape index (κ1) is 17.2. The highest BCUT2D eigenvalue weighted by Crippen LogP contribution is 2.33. The van der Waals surface area contributed by atoms with Gasteiger partial charge in [-0.15, -0.1) is 0 Å². The molecule has 0 heterocycles. The average Bonchev–Trinajstić information content (AvgIpc) is 2.57. The van der Waals surface area contributed by atoms with Crippen molar-refractivity contribution < 1.29 is 4.79 Å². The largest absolute Gasteiger partial charge is 0.324 e. The molecule has 0 bridgehead atoms. The molecule has 1 aliphatic rings. The molecule has 0 unspecified atom stereocenters. The van der Waals surface area contributed by atoms with Gasteiger partial charge in [-0.05, 0) is 78.0 Å². The minimum atomic E-state index is 0.0186. The number of amides is 1. The molecule has 126 valence electrons. The molecular weight excluding hydrogens is 364 g/mol. The first-order valence-electron chi connectivity index (χ1n) is 8.38. The maximum Gasteiger partial charge on any atom is 0.238 e. The summed E-state index contributed by atoms with van der Waals surface area (Å²) < 4.78 is 0.918. The van der Waals surface area contributed by atoms with E-state index in [1.807, 2.05) is 32.2 Å². The second-order valence-electron chi connectivity index (χ2n) is 6.55. The Kier molecular flexibility index (Phi) is 5.36. The van der Waals surface area contributed by atoms with Crippen LogP contribution in [0.4, 0.5) is 5.69 Å². The Balaban J connectivity index is 1.67. The number of nitrogens with one attached hydrogen (secondary N) is 1. The fourth-order valence-electron chi connectivity index (χ4n) is 3.43. The molecule has 4 heteroatoms. The van der Waals surface area contributed by atoms with Gasteiger partial charge in [-0.3, -0.25) is 9.69 Å². The van der Waals surface area contributed by atoms with E-state index in [1.165, 1.54) is 17.5 Å². The number of hydrogen-bond donors (Lipinski definition) is 1. The Morgan fingerprint density at radius 2 is 2.08 bits per heavy atom. The van der Waals surface area contributed by atoms with Gasteiger partial charge in [-0.25, -0.2) is 0 Å². The number of anilines is 1. The van der Waals surface area contributed by atoms with E-state index < -0.39 is 0 Å². The second kappa shape index (κ2) is 7.49. The Hall–Kier alpha value is -1.65. The van der Waals surface area contributed by atoms with Gasteiger partial charge in [0, 0.05) is 10.5 Å². The third kappa shape index (κ3) is 3.87. The number of carbonyl (C=O) groups is 1. The van der Waals surface area contributed by atoms with Gasteiger partial charge in [-0.2, -0.15) is 0 Å². The van der Waals surface area contributed by atoms with Crippen molar-refractivity contribution in [2.24, 2.45) is 0 Å². The summed E-state index contributed by atoms with van der Waals surface area (Å²) in [4.78, 5) is 14.6. The molecule has 0 saturated carbocycles. The van der Waals surface area contributed by atoms with Gasteiger partial charge in [-0.1, -0.05) is 30.3 Å². The highest BCUT2D eigenvalue weighted by atomic mass is 79.9. The topological polar surface area (TPSA) is 32.3 Å². The van der Waals surface area contributed by atoms with Crippen molar-refractivity contribution in [3.8, 4) is 0 Å². The van der Waals surface area contributed by atoms with Crippen molar-refractivity contribution in [2.75, 3.05) is 18.9 Å². The van der Waals surface area contributed by atoms with Crippen LogP contribution in [0.1, 0.15) is 35.6 Å². The predicted molar refractivity (Wildman–Crippen MR) is 102 cm³/mol. The van der Waals surface area contributed by atoms with Gasteiger partial charge >= 0.3 is 0 Å². The molecule has 3 rings (SSSR count). The van der Waals surface area contributed by atoms with E-state index in [2.05, 4.69) is 50.4 Å². The van der Waals surface area contributed by atoms with Crippen molar-refractivity contribution in [2.45, 2.75) is 32.2 Å². The molecule has 0 saturated heterocycles. The van der Waals surface area contributed by atoms with E-state index in [1.54, 1.807) is 0 Å². The van der Waals surface area contributed by atoms with Crippen molar-refractivity contribution in [3.05, 3.63) is 63.6 Å². The zero-order chi connectivity index (χ0) is 17.1. The highest BCUT2D eigenvalue weighted by molar-refractivity contribution is 9.10. The summed E-state index contributed by atoms with van der Waals surface area (Å²) in [5.41, 5.74) is 4.77. The molecule has 0 aliphatic heterocycles. The summed E-state index contributed by atoms with van der Waals surface area (Å²) in [6.07, 6.45) is 3.43. The third-order valence-electron chi connectivity index (χ3n) is 4.66. The molecule has 2 aromatic rings. The number of rotatable bonds is 4. The molecule has 1 atom stereocenters. The molecule has 1 N–H and O–H groups in total. The number of fused-ring (bicyclic) bond motifs is 1. The summed E-state index contributed by atoms with van der Waals surface area (Å²) in [5, 5.41) is 3.00. The molecular formula is C20H23BrN2O. The lowest BCUT2D eigenvalue weighted by Crippen LogP contribution is -2.35. The molecule has 0 spiro atoms. The lowest BCUT2D eigenvalue weighted by Gasteiger charge is -2.32. The van der Waals surface area contributed by atoms with Crippen LogP contribution in [-0.2, 0) is 11.2 Å². The van der Waals surface area contributed by atoms with Crippen LogP contribution in [0.5, 0.6) is 0 Å². The van der Waals surface area contributed by atoms with Crippen LogP contribution in [0.15, 0.2) is 46.9 Å². The minimum absolute atomic E-state index is 0.0186. The second-order valence-corrected chi connectivity index (χ2v) is 7.41. The maximum absolute atomic E-state index is 12.4. The van der Waals surface area contributed by atoms with Crippen LogP contribution >= 0.6 is 15.9 Å². The summed E-state index contributed by atoms with van der Waals surface area (Å²) in [6.45, 7) is 2.42. The minimum Gasteiger partial charge on any atom is -0.324 e. The lowest BCUT2D eigenvalue weighted by atomic mass is 9.87. The molecule has 2 aromatic carbocycles. The van der Waals surface area contributed by atoms with Gasteiger partial charge in [0.2, 0.25) is 5.91 Å². The fraction of sp³-hybridized carbons (Fsp3) is 0.350. The van der Waals surface area contributed by atoms with Crippen LogP contribution in [0.25, 0.3) is 0 Å². The Morgan fingerprint density at radius 1 is 1.29 bits per heavy atom. The Morgan fingerprint density at radius 3 is 2.88 bits per heavy atom. The lowest BCUT2D eigenvalue weighted by molar-refractivity contribution is -0.117. The summed E-state index contributed by atoms with van der Waals surface area (Å²) in [6, 6.07) is 14.9. The van der Waals surface area contributed by atoms with Crippen molar-refractivity contribution >= 4 is 27.5 Å². The van der Waals surface area contributed by atoms with Gasteiger partial charge in [0.05, 0.1) is 12.2 Å². The number of hydrogen-bond acceptors (Lipinski definition) is 2. The van der Waals surface area contributed by atoms with E-state index >= 15 is 0 Å². The number of aryl methyl sites for hydroxylation is 2. The van der Waals surface area contributed by atoms with E-state index in [0.29, 0.717) is 12.6 Å². The van der Waals surface area contributed by atoms with Gasteiger partial charge in [0.15, 0.2) is 0 Å². The standard InChI is InChI=1S/C20H23BrN2O/c1-14-10-11-18(17(21)12-14)22-20(24)13-23(2)19-9-5-7-15-6-3-4-8-16(15)19/h3-4,6,8,10-12,19H,5,7,9,13H2,1-2H3,(H,22,24)/t19-/m1/s1. The zero-order valence-corrected chi connectivity index (χ0v) is 15.8. The molecule has 24 heavy (non-hydrogen) atoms. The fourth-order valence-corrected chi connectivity index (χ4v) is 4.03. The number of nitrogens with zero attached hydrogens (tertiary/aromatic N) is 1. The number of likely N-dealkylation sites (N-methyl/N-ethyl adjacent to an activating group) is 1. The smallest absolute Gasteiger partial charge is 0.238 e. The highest BCUT2D eigenvalue weighted by Gasteiger charge is 2.24. The van der Waals surface area contributed by atoms with Gasteiger partial charge < -0.3 is 5.32 Å². The van der Waals surface area contributed by atoms with Crippen LogP contribution in [0, 0.1) is 6.92 Å². The van der Waals surface area contributed by atoms with Crippen molar-refractivity contribution in [1.29, 1.82) is 0 Å². The maximum atomic E-state index is 12.4. The van der Waals surface area contributed by atoms with Crippen LogP contribution < -0.4 is 5.32 Å². The van der Waals surface area contributed by atoms with E-state index in [9.17, 15) is 4.79 Å². The Bertz CT molecular complexity index is 744. The molecule has 1 aliphatic carbocycles. The van der Waals surface area contributed by atoms with E-state index in [0.717, 1.165) is 28.6 Å². The monoisotopic (exact) mass is 386 g/mol. The van der Waals surface area contributed by atoms with Gasteiger partial charge in [0.1, 0.15) is 0 Å². The summed E-state index contributed by atoms with van der Waals surface area (Å²) in [7, 11) is 2.04. The van der Waals surface area contributed by atoms with E-state index in [4.69, 9.17) is 0 Å². The zero-order valence-electron chi connectivity index (χ0n) is 14.2. The predicted octanol–water partition coefficient (Wildman–Crippen LogP) is 4.71. The van der Waals surface area contributed by atoms with Crippen molar-refractivity contribution in [1.82, 2.24) is 4.90 Å². The van der Waals surface area contributed by atoms with Crippen molar-refractivity contribution in [3.63, 3.8) is 0 Å². The third-order valence-corrected chi connectivity index (χ3v) is 5.32. The first-order chi connectivity index (χ1) is 11.5. The molecule has 0 aromatic heterocycles. The van der Waals surface area contributed by atoms with Crippen LogP contribution in [0.2, 0.25) is 0 Å².